The number of rotatable bonds is 13. The fourth-order valence-corrected chi connectivity index (χ4v) is 4.09. The predicted octanol–water partition coefficient (Wildman–Crippen LogP) is 6.29. The number of imidazole rings is 1. The maximum atomic E-state index is 13.6. The van der Waals surface area contributed by atoms with Gasteiger partial charge in [0.25, 0.3) is 5.91 Å². The molecule has 0 radical (unpaired) electrons. The molecule has 1 amide bonds. The normalized spacial score (nSPS) is 10.8. The third-order valence-electron chi connectivity index (χ3n) is 6.38. The molecule has 0 saturated carbocycles. The van der Waals surface area contributed by atoms with Crippen molar-refractivity contribution in [1.82, 2.24) is 14.5 Å². The molecule has 0 unspecified atom stereocenters. The summed E-state index contributed by atoms with van der Waals surface area (Å²) in [4.78, 5) is 32.1. The highest BCUT2D eigenvalue weighted by atomic mass is 35.5. The Bertz CT molecular complexity index is 1180. The molecule has 3 aromatic rings. The topological polar surface area (TPSA) is 102 Å². The first-order chi connectivity index (χ1) is 17.7. The van der Waals surface area contributed by atoms with Crippen LogP contribution in [-0.2, 0) is 11.3 Å². The summed E-state index contributed by atoms with van der Waals surface area (Å²) < 4.78 is 6.85. The van der Waals surface area contributed by atoms with Gasteiger partial charge in [-0.15, -0.1) is 24.8 Å². The van der Waals surface area contributed by atoms with Crippen molar-refractivity contribution in [1.29, 1.82) is 0 Å². The van der Waals surface area contributed by atoms with Crippen LogP contribution in [0.25, 0.3) is 11.0 Å². The zero-order valence-electron chi connectivity index (χ0n) is 23.6. The van der Waals surface area contributed by atoms with Crippen molar-refractivity contribution < 1.29 is 14.3 Å². The average molecular weight is 581 g/mol. The highest BCUT2D eigenvalue weighted by molar-refractivity contribution is 5.98. The maximum absolute atomic E-state index is 13.6. The second-order valence-corrected chi connectivity index (χ2v) is 10.3. The summed E-state index contributed by atoms with van der Waals surface area (Å²) >= 11 is 0. The Hall–Kier alpha value is -2.81. The third kappa shape index (κ3) is 9.41. The molecule has 1 heterocycles. The lowest BCUT2D eigenvalue weighted by molar-refractivity contribution is 0.0600. The Morgan fingerprint density at radius 1 is 0.974 bits per heavy atom. The number of methoxy groups -OCH3 is 1. The van der Waals surface area contributed by atoms with Crippen LogP contribution in [-0.4, -0.2) is 53.1 Å². The summed E-state index contributed by atoms with van der Waals surface area (Å²) in [5, 5.41) is 3.36. The first-order valence-corrected chi connectivity index (χ1v) is 13.2. The SMILES string of the molecule is COC(=O)c1ccc(Nc2nc3ccc(C(=O)N(CCC(C)C)CCC(C)C)cc3n2CCCN)cc1.Cl.Cl. The zero-order valence-corrected chi connectivity index (χ0v) is 25.2. The van der Waals surface area contributed by atoms with Gasteiger partial charge in [0.15, 0.2) is 0 Å². The number of nitrogens with two attached hydrogens (primary N) is 1. The molecular weight excluding hydrogens is 537 g/mol. The van der Waals surface area contributed by atoms with Crippen LogP contribution < -0.4 is 11.1 Å². The number of hydrogen-bond acceptors (Lipinski definition) is 6. The number of benzene rings is 2. The van der Waals surface area contributed by atoms with E-state index in [4.69, 9.17) is 15.5 Å². The number of carbonyl (C=O) groups is 2. The van der Waals surface area contributed by atoms with Crippen molar-refractivity contribution in [3.63, 3.8) is 0 Å². The first-order valence-electron chi connectivity index (χ1n) is 13.2. The molecule has 0 saturated heterocycles. The van der Waals surface area contributed by atoms with Gasteiger partial charge in [0.1, 0.15) is 0 Å². The molecule has 0 aliphatic rings. The van der Waals surface area contributed by atoms with Gasteiger partial charge in [0.05, 0.1) is 23.7 Å². The van der Waals surface area contributed by atoms with Gasteiger partial charge < -0.3 is 25.3 Å². The minimum Gasteiger partial charge on any atom is -0.465 e. The molecule has 0 bridgehead atoms. The van der Waals surface area contributed by atoms with Crippen molar-refractivity contribution in [3.8, 4) is 0 Å². The Labute approximate surface area is 244 Å². The van der Waals surface area contributed by atoms with Gasteiger partial charge in [-0.05, 0) is 80.1 Å². The molecule has 0 aliphatic heterocycles. The summed E-state index contributed by atoms with van der Waals surface area (Å²) in [7, 11) is 1.36. The van der Waals surface area contributed by atoms with E-state index < -0.39 is 0 Å². The van der Waals surface area contributed by atoms with Crippen molar-refractivity contribution in [2.75, 3.05) is 32.1 Å². The van der Waals surface area contributed by atoms with Gasteiger partial charge in [0, 0.05) is 30.9 Å². The summed E-state index contributed by atoms with van der Waals surface area (Å²) in [6.45, 7) is 11.5. The number of carbonyl (C=O) groups excluding carboxylic acids is 2. The summed E-state index contributed by atoms with van der Waals surface area (Å²) in [6.07, 6.45) is 2.72. The molecule has 39 heavy (non-hydrogen) atoms. The highest BCUT2D eigenvalue weighted by Gasteiger charge is 2.19. The van der Waals surface area contributed by atoms with E-state index in [1.54, 1.807) is 12.1 Å². The van der Waals surface area contributed by atoms with E-state index in [9.17, 15) is 9.59 Å². The van der Waals surface area contributed by atoms with Crippen molar-refractivity contribution in [3.05, 3.63) is 53.6 Å². The van der Waals surface area contributed by atoms with Gasteiger partial charge in [-0.25, -0.2) is 9.78 Å². The van der Waals surface area contributed by atoms with Gasteiger partial charge in [-0.1, -0.05) is 27.7 Å². The lowest BCUT2D eigenvalue weighted by Crippen LogP contribution is -2.34. The van der Waals surface area contributed by atoms with Gasteiger partial charge in [0.2, 0.25) is 5.95 Å². The molecule has 0 atom stereocenters. The number of aromatic nitrogens is 2. The summed E-state index contributed by atoms with van der Waals surface area (Å²) in [5.41, 5.74) is 9.46. The van der Waals surface area contributed by atoms with E-state index in [1.165, 1.54) is 7.11 Å². The fraction of sp³-hybridized carbons (Fsp3) is 0.483. The molecule has 0 spiro atoms. The minimum absolute atomic E-state index is 0. The molecule has 0 aliphatic carbocycles. The van der Waals surface area contributed by atoms with Gasteiger partial charge >= 0.3 is 5.97 Å². The number of anilines is 2. The van der Waals surface area contributed by atoms with Crippen molar-refractivity contribution in [2.24, 2.45) is 17.6 Å². The molecule has 216 valence electrons. The van der Waals surface area contributed by atoms with E-state index in [2.05, 4.69) is 37.6 Å². The number of nitrogens with zero attached hydrogens (tertiary/aromatic N) is 3. The van der Waals surface area contributed by atoms with Crippen LogP contribution in [0.4, 0.5) is 11.6 Å². The Kier molecular flexibility index (Phi) is 14.3. The molecular formula is C29H43Cl2N5O3. The number of esters is 1. The molecule has 2 aromatic carbocycles. The van der Waals surface area contributed by atoms with E-state index in [0.29, 0.717) is 42.0 Å². The van der Waals surface area contributed by atoms with Crippen LogP contribution in [0.1, 0.15) is 67.7 Å². The number of hydrogen-bond donors (Lipinski definition) is 2. The van der Waals surface area contributed by atoms with E-state index in [1.807, 2.05) is 35.2 Å². The quantitative estimate of drug-likeness (QED) is 0.230. The van der Waals surface area contributed by atoms with Crippen LogP contribution >= 0.6 is 24.8 Å². The lowest BCUT2D eigenvalue weighted by atomic mass is 10.1. The molecule has 8 nitrogen and oxygen atoms in total. The number of nitrogens with one attached hydrogen (secondary N) is 1. The molecule has 3 rings (SSSR count). The number of ether oxygens (including phenoxy) is 1. The van der Waals surface area contributed by atoms with Gasteiger partial charge in [-0.2, -0.15) is 0 Å². The zero-order chi connectivity index (χ0) is 26.9. The summed E-state index contributed by atoms with van der Waals surface area (Å²) in [6, 6.07) is 12.8. The number of aryl methyl sites for hydroxylation is 1. The van der Waals surface area contributed by atoms with Crippen molar-refractivity contribution in [2.45, 2.75) is 53.5 Å². The number of fused-ring (bicyclic) bond motifs is 1. The van der Waals surface area contributed by atoms with Crippen LogP contribution in [0.3, 0.4) is 0 Å². The fourth-order valence-electron chi connectivity index (χ4n) is 4.09. The monoisotopic (exact) mass is 579 g/mol. The number of amides is 1. The third-order valence-corrected chi connectivity index (χ3v) is 6.38. The van der Waals surface area contributed by atoms with Crippen molar-refractivity contribution >= 4 is 59.4 Å². The number of halogens is 2. The van der Waals surface area contributed by atoms with Crippen LogP contribution in [0.2, 0.25) is 0 Å². The Morgan fingerprint density at radius 3 is 2.10 bits per heavy atom. The van der Waals surface area contributed by atoms with E-state index >= 15 is 0 Å². The average Bonchev–Trinajstić information content (AvgIpc) is 3.22. The summed E-state index contributed by atoms with van der Waals surface area (Å²) in [5.74, 6) is 1.41. The predicted molar refractivity (Wildman–Crippen MR) is 164 cm³/mol. The Balaban J connectivity index is 0.00000380. The van der Waals surface area contributed by atoms with Gasteiger partial charge in [-0.3, -0.25) is 4.79 Å². The molecule has 0 fully saturated rings. The lowest BCUT2D eigenvalue weighted by Gasteiger charge is -2.24. The minimum atomic E-state index is -0.380. The molecule has 3 N–H and O–H groups in total. The van der Waals surface area contributed by atoms with E-state index in [-0.39, 0.29) is 36.7 Å². The highest BCUT2D eigenvalue weighted by Crippen LogP contribution is 2.25. The maximum Gasteiger partial charge on any atom is 0.337 e. The smallest absolute Gasteiger partial charge is 0.337 e. The largest absolute Gasteiger partial charge is 0.465 e. The second-order valence-electron chi connectivity index (χ2n) is 10.3. The van der Waals surface area contributed by atoms with Crippen LogP contribution in [0.15, 0.2) is 42.5 Å². The van der Waals surface area contributed by atoms with E-state index in [0.717, 1.165) is 49.1 Å². The molecule has 10 heteroatoms. The van der Waals surface area contributed by atoms with Crippen LogP contribution in [0, 0.1) is 11.8 Å². The first kappa shape index (κ1) is 34.2. The molecule has 1 aromatic heterocycles. The van der Waals surface area contributed by atoms with Crippen LogP contribution in [0.5, 0.6) is 0 Å². The Morgan fingerprint density at radius 2 is 1.56 bits per heavy atom. The second kappa shape index (κ2) is 16.3. The standard InChI is InChI=1S/C29H41N5O3.2ClH/c1-20(2)13-17-33(18-14-21(3)4)27(35)23-9-12-25-26(19-23)34(16-6-15-30)29(32-25)31-24-10-7-22(8-11-24)28(36)37-5;;/h7-12,19-21H,6,13-18,30H2,1-5H3,(H,31,32);2*1H.